The Kier molecular flexibility index (Phi) is 10.3. The minimum Gasteiger partial charge on any atom is -0.478 e. The first kappa shape index (κ1) is 30.2. The minimum atomic E-state index is -0.945. The van der Waals surface area contributed by atoms with Crippen LogP contribution >= 0.6 is 0 Å². The van der Waals surface area contributed by atoms with Crippen LogP contribution in [0.4, 0.5) is 0 Å². The summed E-state index contributed by atoms with van der Waals surface area (Å²) in [6.07, 6.45) is 16.3. The number of carbonyl (C=O) groups is 1. The lowest BCUT2D eigenvalue weighted by Crippen LogP contribution is -2.42. The highest BCUT2D eigenvalue weighted by atomic mass is 16.4. The van der Waals surface area contributed by atoms with Crippen LogP contribution in [0.3, 0.4) is 0 Å². The molecule has 2 fully saturated rings. The average molecular weight is 574 g/mol. The van der Waals surface area contributed by atoms with Gasteiger partial charge in [-0.15, -0.1) is 0 Å². The molecule has 1 spiro atoms. The Morgan fingerprint density at radius 1 is 1.07 bits per heavy atom. The lowest BCUT2D eigenvalue weighted by molar-refractivity contribution is -0.131. The van der Waals surface area contributed by atoms with Crippen LogP contribution in [-0.2, 0) is 24.3 Å². The van der Waals surface area contributed by atoms with Crippen LogP contribution in [0.1, 0.15) is 68.3 Å². The Hall–Kier alpha value is -3.27. The van der Waals surface area contributed by atoms with Crippen LogP contribution in [-0.4, -0.2) is 79.7 Å². The number of likely N-dealkylation sites (tertiary alicyclic amines) is 2. The second-order valence-corrected chi connectivity index (χ2v) is 12.6. The van der Waals surface area contributed by atoms with Gasteiger partial charge in [-0.25, -0.2) is 14.8 Å². The molecule has 2 aromatic heterocycles. The largest absolute Gasteiger partial charge is 0.478 e. The zero-order valence-electron chi connectivity index (χ0n) is 25.2. The molecule has 5 rings (SSSR count). The molecule has 0 amide bonds. The van der Waals surface area contributed by atoms with E-state index >= 15 is 0 Å². The van der Waals surface area contributed by atoms with Gasteiger partial charge in [-0.1, -0.05) is 38.1 Å². The van der Waals surface area contributed by atoms with Crippen molar-refractivity contribution in [3.8, 4) is 0 Å². The molecule has 0 aliphatic carbocycles. The van der Waals surface area contributed by atoms with E-state index in [4.69, 9.17) is 10.1 Å². The molecule has 3 aromatic rings. The van der Waals surface area contributed by atoms with Gasteiger partial charge in [0.2, 0.25) is 0 Å². The predicted molar refractivity (Wildman–Crippen MR) is 166 cm³/mol. The molecule has 4 heterocycles. The molecule has 226 valence electrons. The number of aromatic amines is 1. The molecule has 42 heavy (non-hydrogen) atoms. The predicted octanol–water partition coefficient (Wildman–Crippen LogP) is 4.61. The first-order chi connectivity index (χ1) is 20.4. The molecule has 3 N–H and O–H groups in total. The fraction of sp³-hybridized carbons (Fsp3) is 0.545. The van der Waals surface area contributed by atoms with Crippen molar-refractivity contribution in [1.82, 2.24) is 34.6 Å². The highest BCUT2D eigenvalue weighted by Crippen LogP contribution is 2.40. The number of hydrogen-bond acceptors (Lipinski definition) is 6. The zero-order valence-corrected chi connectivity index (χ0v) is 25.2. The third-order valence-corrected chi connectivity index (χ3v) is 8.89. The number of aliphatic carboxylic acids is 1. The summed E-state index contributed by atoms with van der Waals surface area (Å²) in [6.45, 7) is 13.7. The molecule has 2 aliphatic heterocycles. The summed E-state index contributed by atoms with van der Waals surface area (Å²) < 4.78 is 2.30. The summed E-state index contributed by atoms with van der Waals surface area (Å²) in [6, 6.07) is 7.94. The molecule has 1 unspecified atom stereocenters. The summed E-state index contributed by atoms with van der Waals surface area (Å²) in [5.74, 6) is 1.77. The lowest BCUT2D eigenvalue weighted by Gasteiger charge is -2.40. The summed E-state index contributed by atoms with van der Waals surface area (Å²) in [5.41, 5.74) is 2.53. The third kappa shape index (κ3) is 8.40. The number of nitrogens with zero attached hydrogens (tertiary/aromatic N) is 5. The van der Waals surface area contributed by atoms with Crippen molar-refractivity contribution < 1.29 is 9.90 Å². The van der Waals surface area contributed by atoms with Crippen LogP contribution in [0.25, 0.3) is 6.08 Å². The van der Waals surface area contributed by atoms with Gasteiger partial charge in [-0.05, 0) is 80.4 Å². The van der Waals surface area contributed by atoms with E-state index in [0.717, 1.165) is 54.3 Å². The number of aromatic nitrogens is 4. The first-order valence-electron chi connectivity index (χ1n) is 15.5. The van der Waals surface area contributed by atoms with E-state index < -0.39 is 5.97 Å². The SMILES string of the molecule is CC(C)CN1CCC2(CC1)CCN(CCCn1ccnc1C(Cc1ncc[nH]1)NCc1ccc(/C=C/C(=O)O)cc1)C2. The zero-order chi connectivity index (χ0) is 29.4. The molecule has 0 saturated carbocycles. The quantitative estimate of drug-likeness (QED) is 0.242. The second kappa shape index (κ2) is 14.3. The number of aryl methyl sites for hydroxylation is 1. The van der Waals surface area contributed by atoms with Gasteiger partial charge in [-0.3, -0.25) is 0 Å². The van der Waals surface area contributed by atoms with Crippen LogP contribution in [0.2, 0.25) is 0 Å². The fourth-order valence-corrected chi connectivity index (χ4v) is 6.65. The lowest BCUT2D eigenvalue weighted by atomic mass is 9.77. The fourth-order valence-electron chi connectivity index (χ4n) is 6.65. The molecule has 9 nitrogen and oxygen atoms in total. The van der Waals surface area contributed by atoms with Gasteiger partial charge in [0, 0.05) is 63.5 Å². The molecule has 0 radical (unpaired) electrons. The maximum Gasteiger partial charge on any atom is 0.328 e. The van der Waals surface area contributed by atoms with Crippen molar-refractivity contribution in [3.05, 3.63) is 77.9 Å². The standard InChI is InChI=1S/C33H47N7O2/c1-26(2)24-38-18-10-33(11-19-38)12-20-39(25-33)16-3-17-40-21-15-36-32(40)29(22-30-34-13-14-35-30)37-23-28-6-4-27(5-7-28)8-9-31(41)42/h4-9,13-15,21,26,29,37H,3,10-12,16-20,22-25H2,1-2H3,(H,34,35)(H,41,42)/b9-8+. The number of benzene rings is 1. The number of H-pyrrole nitrogens is 1. The summed E-state index contributed by atoms with van der Waals surface area (Å²) >= 11 is 0. The van der Waals surface area contributed by atoms with Crippen LogP contribution in [0.5, 0.6) is 0 Å². The number of hydrogen-bond donors (Lipinski definition) is 3. The normalized spacial score (nSPS) is 18.5. The topological polar surface area (TPSA) is 102 Å². The molecule has 2 aliphatic rings. The molecule has 1 atom stereocenters. The highest BCUT2D eigenvalue weighted by molar-refractivity contribution is 5.85. The Labute approximate surface area is 250 Å². The summed E-state index contributed by atoms with van der Waals surface area (Å²) in [5, 5.41) is 12.6. The van der Waals surface area contributed by atoms with E-state index in [0.29, 0.717) is 18.4 Å². The molecular formula is C33H47N7O2. The monoisotopic (exact) mass is 573 g/mol. The Balaban J connectivity index is 1.15. The Morgan fingerprint density at radius 3 is 2.52 bits per heavy atom. The molecule has 1 aromatic carbocycles. The number of piperidine rings is 1. The Bertz CT molecular complexity index is 1270. The van der Waals surface area contributed by atoms with Crippen molar-refractivity contribution in [1.29, 1.82) is 0 Å². The molecular weight excluding hydrogens is 526 g/mol. The smallest absolute Gasteiger partial charge is 0.328 e. The third-order valence-electron chi connectivity index (χ3n) is 8.89. The number of carboxylic acids is 1. The average Bonchev–Trinajstić information content (AvgIpc) is 3.74. The second-order valence-electron chi connectivity index (χ2n) is 12.6. The van der Waals surface area contributed by atoms with Gasteiger partial charge in [0.25, 0.3) is 0 Å². The van der Waals surface area contributed by atoms with Crippen LogP contribution in [0.15, 0.2) is 55.1 Å². The van der Waals surface area contributed by atoms with Crippen molar-refractivity contribution in [2.24, 2.45) is 11.3 Å². The van der Waals surface area contributed by atoms with Gasteiger partial charge in [0.05, 0.1) is 6.04 Å². The van der Waals surface area contributed by atoms with Gasteiger partial charge in [0.1, 0.15) is 11.6 Å². The van der Waals surface area contributed by atoms with Gasteiger partial charge < -0.3 is 29.8 Å². The van der Waals surface area contributed by atoms with E-state index in [-0.39, 0.29) is 6.04 Å². The van der Waals surface area contributed by atoms with E-state index in [1.54, 1.807) is 12.3 Å². The van der Waals surface area contributed by atoms with E-state index in [2.05, 4.69) is 49.7 Å². The maximum atomic E-state index is 10.8. The molecule has 0 bridgehead atoms. The van der Waals surface area contributed by atoms with E-state index in [1.165, 1.54) is 52.0 Å². The van der Waals surface area contributed by atoms with Crippen LogP contribution < -0.4 is 5.32 Å². The van der Waals surface area contributed by atoms with Crippen molar-refractivity contribution in [3.63, 3.8) is 0 Å². The highest BCUT2D eigenvalue weighted by Gasteiger charge is 2.40. The van der Waals surface area contributed by atoms with Crippen molar-refractivity contribution in [2.45, 2.75) is 65.1 Å². The number of carboxylic acid groups (broad SMARTS) is 1. The first-order valence-corrected chi connectivity index (χ1v) is 15.5. The van der Waals surface area contributed by atoms with Crippen LogP contribution in [0, 0.1) is 11.3 Å². The minimum absolute atomic E-state index is 0.00353. The van der Waals surface area contributed by atoms with Crippen molar-refractivity contribution >= 4 is 12.0 Å². The summed E-state index contributed by atoms with van der Waals surface area (Å²) in [7, 11) is 0. The van der Waals surface area contributed by atoms with Gasteiger partial charge >= 0.3 is 5.97 Å². The Morgan fingerprint density at radius 2 is 1.83 bits per heavy atom. The number of imidazole rings is 2. The molecule has 2 saturated heterocycles. The van der Waals surface area contributed by atoms with Crippen molar-refractivity contribution in [2.75, 3.05) is 39.3 Å². The summed E-state index contributed by atoms with van der Waals surface area (Å²) in [4.78, 5) is 28.7. The van der Waals surface area contributed by atoms with Gasteiger partial charge in [-0.2, -0.15) is 0 Å². The molecule has 9 heteroatoms. The maximum absolute atomic E-state index is 10.8. The van der Waals surface area contributed by atoms with Gasteiger partial charge in [0.15, 0.2) is 0 Å². The van der Waals surface area contributed by atoms with E-state index in [9.17, 15) is 4.79 Å². The van der Waals surface area contributed by atoms with E-state index in [1.807, 2.05) is 36.7 Å². The number of nitrogens with one attached hydrogen (secondary N) is 2. The number of rotatable bonds is 14.